The minimum atomic E-state index is -0.427. The highest BCUT2D eigenvalue weighted by Gasteiger charge is 2.19. The molecule has 1 heterocycles. The number of hydrogen-bond donors (Lipinski definition) is 1. The number of ether oxygens (including phenoxy) is 1. The first-order chi connectivity index (χ1) is 11.5. The topological polar surface area (TPSA) is 32.7 Å². The summed E-state index contributed by atoms with van der Waals surface area (Å²) in [5.41, 5.74) is 4.75. The summed E-state index contributed by atoms with van der Waals surface area (Å²) in [5.74, 6) is 1.15. The molecular formula is C21H27NO2. The zero-order valence-corrected chi connectivity index (χ0v) is 14.8. The quantitative estimate of drug-likeness (QED) is 0.919. The summed E-state index contributed by atoms with van der Waals surface area (Å²) < 4.78 is 5.91. The minimum absolute atomic E-state index is 0.207. The molecule has 0 amide bonds. The van der Waals surface area contributed by atoms with Crippen molar-refractivity contribution in [3.63, 3.8) is 0 Å². The third-order valence-corrected chi connectivity index (χ3v) is 4.64. The monoisotopic (exact) mass is 325 g/mol. The predicted molar refractivity (Wildman–Crippen MR) is 97.0 cm³/mol. The number of aliphatic hydroxyl groups is 1. The number of aliphatic hydroxyl groups excluding tert-OH is 1. The van der Waals surface area contributed by atoms with E-state index in [4.69, 9.17) is 4.74 Å². The summed E-state index contributed by atoms with van der Waals surface area (Å²) in [7, 11) is 0. The van der Waals surface area contributed by atoms with Crippen molar-refractivity contribution in [2.45, 2.75) is 40.0 Å². The Balaban J connectivity index is 1.78. The van der Waals surface area contributed by atoms with Gasteiger partial charge in [-0.15, -0.1) is 0 Å². The zero-order chi connectivity index (χ0) is 17.1. The van der Waals surface area contributed by atoms with Crippen molar-refractivity contribution in [1.29, 1.82) is 0 Å². The van der Waals surface area contributed by atoms with E-state index < -0.39 is 6.10 Å². The second kappa shape index (κ2) is 7.37. The van der Waals surface area contributed by atoms with Gasteiger partial charge in [0.05, 0.1) is 6.10 Å². The number of hydrogen-bond acceptors (Lipinski definition) is 3. The lowest BCUT2D eigenvalue weighted by Crippen LogP contribution is -2.25. The maximum Gasteiger partial charge on any atom is 0.123 e. The molecule has 2 aromatic rings. The second-order valence-electron chi connectivity index (χ2n) is 7.10. The molecule has 0 aromatic heterocycles. The number of aryl methyl sites for hydroxylation is 1. The molecule has 3 nitrogen and oxygen atoms in total. The van der Waals surface area contributed by atoms with Gasteiger partial charge in [-0.3, -0.25) is 4.90 Å². The highest BCUT2D eigenvalue weighted by molar-refractivity contribution is 5.39. The van der Waals surface area contributed by atoms with E-state index in [1.807, 2.05) is 26.0 Å². The van der Waals surface area contributed by atoms with Crippen LogP contribution in [-0.4, -0.2) is 23.2 Å². The van der Waals surface area contributed by atoms with Crippen LogP contribution in [0.3, 0.4) is 0 Å². The molecule has 1 aliphatic rings. The molecule has 0 saturated carbocycles. The summed E-state index contributed by atoms with van der Waals surface area (Å²) in [6, 6.07) is 14.8. The van der Waals surface area contributed by atoms with Gasteiger partial charge in [0.25, 0.3) is 0 Å². The highest BCUT2D eigenvalue weighted by atomic mass is 16.5. The van der Waals surface area contributed by atoms with Gasteiger partial charge in [0.15, 0.2) is 0 Å². The van der Waals surface area contributed by atoms with E-state index in [-0.39, 0.29) is 5.92 Å². The maximum atomic E-state index is 10.3. The van der Waals surface area contributed by atoms with Crippen LogP contribution < -0.4 is 4.74 Å². The smallest absolute Gasteiger partial charge is 0.123 e. The van der Waals surface area contributed by atoms with Crippen LogP contribution in [-0.2, 0) is 13.1 Å². The van der Waals surface area contributed by atoms with Crippen molar-refractivity contribution < 1.29 is 9.84 Å². The Kier molecular flexibility index (Phi) is 5.22. The van der Waals surface area contributed by atoms with Crippen LogP contribution in [0.4, 0.5) is 0 Å². The second-order valence-corrected chi connectivity index (χ2v) is 7.10. The molecule has 3 rings (SSSR count). The van der Waals surface area contributed by atoms with Crippen molar-refractivity contribution in [3.05, 3.63) is 64.7 Å². The molecule has 0 bridgehead atoms. The van der Waals surface area contributed by atoms with Gasteiger partial charge in [-0.05, 0) is 36.1 Å². The predicted octanol–water partition coefficient (Wildman–Crippen LogP) is 4.08. The number of benzene rings is 2. The van der Waals surface area contributed by atoms with Gasteiger partial charge in [-0.2, -0.15) is 0 Å². The van der Waals surface area contributed by atoms with Crippen LogP contribution in [0.2, 0.25) is 0 Å². The van der Waals surface area contributed by atoms with Crippen LogP contribution >= 0.6 is 0 Å². The average Bonchev–Trinajstić information content (AvgIpc) is 2.77. The Morgan fingerprint density at radius 2 is 1.88 bits per heavy atom. The molecule has 0 spiro atoms. The van der Waals surface area contributed by atoms with Gasteiger partial charge < -0.3 is 9.84 Å². The molecule has 2 aromatic carbocycles. The molecule has 0 aliphatic carbocycles. The van der Waals surface area contributed by atoms with Crippen LogP contribution in [0, 0.1) is 12.8 Å². The van der Waals surface area contributed by atoms with Crippen LogP contribution in [0.5, 0.6) is 5.75 Å². The third-order valence-electron chi connectivity index (χ3n) is 4.64. The maximum absolute atomic E-state index is 10.3. The molecule has 1 N–H and O–H groups in total. The minimum Gasteiger partial charge on any atom is -0.492 e. The van der Waals surface area contributed by atoms with Gasteiger partial charge in [-0.25, -0.2) is 0 Å². The molecule has 0 radical (unpaired) electrons. The van der Waals surface area contributed by atoms with Crippen molar-refractivity contribution >= 4 is 0 Å². The van der Waals surface area contributed by atoms with Crippen molar-refractivity contribution in [3.8, 4) is 5.75 Å². The standard InChI is InChI=1S/C21H27NO2/c1-15(2)21(23)18-8-9-20-19(12-18)14-22(10-11-24-20)13-17-6-4-16(3)5-7-17/h4-9,12,15,21,23H,10-11,13-14H2,1-3H3. The normalized spacial score (nSPS) is 16.4. The highest BCUT2D eigenvalue weighted by Crippen LogP contribution is 2.29. The van der Waals surface area contributed by atoms with E-state index in [9.17, 15) is 5.11 Å². The van der Waals surface area contributed by atoms with Crippen molar-refractivity contribution in [2.24, 2.45) is 5.92 Å². The van der Waals surface area contributed by atoms with Crippen molar-refractivity contribution in [2.75, 3.05) is 13.2 Å². The number of fused-ring (bicyclic) bond motifs is 1. The van der Waals surface area contributed by atoms with E-state index in [2.05, 4.69) is 42.2 Å². The Morgan fingerprint density at radius 1 is 1.12 bits per heavy atom. The Morgan fingerprint density at radius 3 is 2.58 bits per heavy atom. The van der Waals surface area contributed by atoms with E-state index in [0.717, 1.165) is 36.5 Å². The van der Waals surface area contributed by atoms with E-state index in [1.165, 1.54) is 11.1 Å². The Labute approximate surface area is 144 Å². The molecule has 24 heavy (non-hydrogen) atoms. The lowest BCUT2D eigenvalue weighted by molar-refractivity contribution is 0.126. The Hall–Kier alpha value is -1.84. The molecule has 1 unspecified atom stereocenters. The first-order valence-corrected chi connectivity index (χ1v) is 8.74. The van der Waals surface area contributed by atoms with Gasteiger partial charge in [-0.1, -0.05) is 49.7 Å². The average molecular weight is 325 g/mol. The van der Waals surface area contributed by atoms with E-state index in [1.54, 1.807) is 0 Å². The van der Waals surface area contributed by atoms with Gasteiger partial charge in [0.2, 0.25) is 0 Å². The van der Waals surface area contributed by atoms with Crippen LogP contribution in [0.15, 0.2) is 42.5 Å². The molecule has 0 fully saturated rings. The fourth-order valence-electron chi connectivity index (χ4n) is 3.12. The number of nitrogens with zero attached hydrogens (tertiary/aromatic N) is 1. The van der Waals surface area contributed by atoms with Crippen molar-refractivity contribution in [1.82, 2.24) is 4.90 Å². The lowest BCUT2D eigenvalue weighted by Gasteiger charge is -2.20. The summed E-state index contributed by atoms with van der Waals surface area (Å²) in [4.78, 5) is 2.40. The van der Waals surface area contributed by atoms with Gasteiger partial charge in [0, 0.05) is 25.2 Å². The SMILES string of the molecule is Cc1ccc(CN2CCOc3ccc(C(O)C(C)C)cc3C2)cc1. The molecule has 0 saturated heterocycles. The molecule has 1 aliphatic heterocycles. The molecule has 3 heteroatoms. The summed E-state index contributed by atoms with van der Waals surface area (Å²) >= 11 is 0. The van der Waals surface area contributed by atoms with Crippen LogP contribution in [0.25, 0.3) is 0 Å². The van der Waals surface area contributed by atoms with Gasteiger partial charge >= 0.3 is 0 Å². The first kappa shape index (κ1) is 17.0. The summed E-state index contributed by atoms with van der Waals surface area (Å²) in [5, 5.41) is 10.3. The fraction of sp³-hybridized carbons (Fsp3) is 0.429. The summed E-state index contributed by atoms with van der Waals surface area (Å²) in [6.45, 7) is 9.56. The van der Waals surface area contributed by atoms with E-state index in [0.29, 0.717) is 6.61 Å². The molecular weight excluding hydrogens is 298 g/mol. The molecule has 128 valence electrons. The molecule has 1 atom stereocenters. The first-order valence-electron chi connectivity index (χ1n) is 8.74. The number of rotatable bonds is 4. The largest absolute Gasteiger partial charge is 0.492 e. The zero-order valence-electron chi connectivity index (χ0n) is 14.8. The Bertz CT molecular complexity index is 679. The third kappa shape index (κ3) is 3.97. The van der Waals surface area contributed by atoms with E-state index >= 15 is 0 Å². The summed E-state index contributed by atoms with van der Waals surface area (Å²) in [6.07, 6.45) is -0.427. The van der Waals surface area contributed by atoms with Gasteiger partial charge in [0.1, 0.15) is 12.4 Å². The van der Waals surface area contributed by atoms with Crippen LogP contribution in [0.1, 0.15) is 42.2 Å². The lowest BCUT2D eigenvalue weighted by atomic mass is 9.97. The fourth-order valence-corrected chi connectivity index (χ4v) is 3.12.